The molecule has 0 amide bonds. The summed E-state index contributed by atoms with van der Waals surface area (Å²) in [6.45, 7) is 0. The molecule has 3 heteroatoms. The average molecular weight is 290 g/mol. The molecular formula is C19H18N2O. The van der Waals surface area contributed by atoms with Crippen LogP contribution in [0.3, 0.4) is 0 Å². The SMILES string of the molecule is c1ccc(-c2nnc(Cc3ccc4c(c3)CCCC4)o2)cc1. The number of hydrogen-bond donors (Lipinski definition) is 0. The zero-order valence-electron chi connectivity index (χ0n) is 12.5. The standard InChI is InChI=1S/C19H18N2O/c1-2-7-16(8-3-1)19-21-20-18(22-19)13-14-10-11-15-6-4-5-9-17(15)12-14/h1-3,7-8,10-12H,4-6,9,13H2. The highest BCUT2D eigenvalue weighted by molar-refractivity contribution is 5.51. The van der Waals surface area contributed by atoms with Gasteiger partial charge in [-0.1, -0.05) is 36.4 Å². The number of rotatable bonds is 3. The first kappa shape index (κ1) is 13.3. The third kappa shape index (κ3) is 2.67. The van der Waals surface area contributed by atoms with Gasteiger partial charge in [-0.3, -0.25) is 0 Å². The highest BCUT2D eigenvalue weighted by atomic mass is 16.4. The molecule has 0 saturated carbocycles. The van der Waals surface area contributed by atoms with Crippen molar-refractivity contribution in [2.75, 3.05) is 0 Å². The Labute approximate surface area is 130 Å². The van der Waals surface area contributed by atoms with Gasteiger partial charge in [-0.2, -0.15) is 0 Å². The molecule has 2 aromatic carbocycles. The molecule has 1 aromatic heterocycles. The van der Waals surface area contributed by atoms with Crippen LogP contribution >= 0.6 is 0 Å². The molecule has 3 aromatic rings. The quantitative estimate of drug-likeness (QED) is 0.725. The minimum absolute atomic E-state index is 0.591. The zero-order valence-corrected chi connectivity index (χ0v) is 12.5. The number of fused-ring (bicyclic) bond motifs is 1. The second kappa shape index (κ2) is 5.76. The molecule has 1 aliphatic rings. The van der Waals surface area contributed by atoms with E-state index in [2.05, 4.69) is 28.4 Å². The number of aryl methyl sites for hydroxylation is 2. The van der Waals surface area contributed by atoms with Gasteiger partial charge in [0.25, 0.3) is 0 Å². The first-order chi connectivity index (χ1) is 10.9. The normalized spacial score (nSPS) is 13.8. The fourth-order valence-corrected chi connectivity index (χ4v) is 3.09. The Morgan fingerprint density at radius 3 is 2.55 bits per heavy atom. The molecular weight excluding hydrogens is 272 g/mol. The summed E-state index contributed by atoms with van der Waals surface area (Å²) in [7, 11) is 0. The van der Waals surface area contributed by atoms with Crippen LogP contribution in [0.4, 0.5) is 0 Å². The van der Waals surface area contributed by atoms with Gasteiger partial charge < -0.3 is 4.42 Å². The lowest BCUT2D eigenvalue weighted by Crippen LogP contribution is -2.03. The molecule has 0 aliphatic heterocycles. The van der Waals surface area contributed by atoms with Gasteiger partial charge >= 0.3 is 0 Å². The third-order valence-corrected chi connectivity index (χ3v) is 4.26. The maximum absolute atomic E-state index is 5.80. The summed E-state index contributed by atoms with van der Waals surface area (Å²) in [5, 5.41) is 8.34. The van der Waals surface area contributed by atoms with Gasteiger partial charge in [0.05, 0.1) is 6.42 Å². The van der Waals surface area contributed by atoms with E-state index in [-0.39, 0.29) is 0 Å². The van der Waals surface area contributed by atoms with E-state index in [0.29, 0.717) is 18.2 Å². The highest BCUT2D eigenvalue weighted by Crippen LogP contribution is 2.24. The van der Waals surface area contributed by atoms with Crippen molar-refractivity contribution in [3.05, 3.63) is 71.1 Å². The topological polar surface area (TPSA) is 38.9 Å². The fraction of sp³-hybridized carbons (Fsp3) is 0.263. The van der Waals surface area contributed by atoms with Crippen LogP contribution in [0.15, 0.2) is 52.9 Å². The van der Waals surface area contributed by atoms with Gasteiger partial charge in [-0.25, -0.2) is 0 Å². The van der Waals surface area contributed by atoms with Crippen molar-refractivity contribution in [2.24, 2.45) is 0 Å². The number of benzene rings is 2. The summed E-state index contributed by atoms with van der Waals surface area (Å²) < 4.78 is 5.80. The lowest BCUT2D eigenvalue weighted by Gasteiger charge is -2.16. The molecule has 0 N–H and O–H groups in total. The predicted octanol–water partition coefficient (Wildman–Crippen LogP) is 4.21. The monoisotopic (exact) mass is 290 g/mol. The first-order valence-corrected chi connectivity index (χ1v) is 7.87. The summed E-state index contributed by atoms with van der Waals surface area (Å²) in [5.74, 6) is 1.27. The van der Waals surface area contributed by atoms with E-state index in [9.17, 15) is 0 Å². The Morgan fingerprint density at radius 2 is 1.68 bits per heavy atom. The summed E-state index contributed by atoms with van der Waals surface area (Å²) in [6, 6.07) is 16.7. The van der Waals surface area contributed by atoms with Crippen LogP contribution in [0, 0.1) is 0 Å². The molecule has 1 heterocycles. The molecule has 22 heavy (non-hydrogen) atoms. The van der Waals surface area contributed by atoms with Crippen LogP contribution in [0.5, 0.6) is 0 Å². The Morgan fingerprint density at radius 1 is 0.864 bits per heavy atom. The largest absolute Gasteiger partial charge is 0.420 e. The molecule has 3 nitrogen and oxygen atoms in total. The minimum atomic E-state index is 0.591. The van der Waals surface area contributed by atoms with Crippen molar-refractivity contribution in [2.45, 2.75) is 32.1 Å². The van der Waals surface area contributed by atoms with Crippen molar-refractivity contribution < 1.29 is 4.42 Å². The lowest BCUT2D eigenvalue weighted by atomic mass is 9.90. The van der Waals surface area contributed by atoms with E-state index < -0.39 is 0 Å². The Bertz CT molecular complexity index is 777. The van der Waals surface area contributed by atoms with Crippen LogP contribution in [0.2, 0.25) is 0 Å². The van der Waals surface area contributed by atoms with Crippen molar-refractivity contribution in [3.63, 3.8) is 0 Å². The van der Waals surface area contributed by atoms with E-state index in [1.165, 1.54) is 42.4 Å². The van der Waals surface area contributed by atoms with Crippen LogP contribution < -0.4 is 0 Å². The molecule has 0 radical (unpaired) electrons. The van der Waals surface area contributed by atoms with Crippen LogP contribution in [0.25, 0.3) is 11.5 Å². The molecule has 0 fully saturated rings. The molecule has 1 aliphatic carbocycles. The lowest BCUT2D eigenvalue weighted by molar-refractivity contribution is 0.518. The zero-order chi connectivity index (χ0) is 14.8. The van der Waals surface area contributed by atoms with Crippen molar-refractivity contribution in [1.29, 1.82) is 0 Å². The van der Waals surface area contributed by atoms with E-state index in [0.717, 1.165) is 5.56 Å². The van der Waals surface area contributed by atoms with Gasteiger partial charge in [0.15, 0.2) is 0 Å². The predicted molar refractivity (Wildman–Crippen MR) is 85.6 cm³/mol. The summed E-state index contributed by atoms with van der Waals surface area (Å²) in [6.07, 6.45) is 5.73. The van der Waals surface area contributed by atoms with Gasteiger partial charge in [-0.15, -0.1) is 10.2 Å². The molecule has 0 saturated heterocycles. The van der Waals surface area contributed by atoms with E-state index in [1.807, 2.05) is 30.3 Å². The van der Waals surface area contributed by atoms with Crippen molar-refractivity contribution in [1.82, 2.24) is 10.2 Å². The Kier molecular flexibility index (Phi) is 3.47. The summed E-state index contributed by atoms with van der Waals surface area (Å²) in [5.41, 5.74) is 5.22. The molecule has 0 spiro atoms. The molecule has 0 unspecified atom stereocenters. The molecule has 110 valence electrons. The Hall–Kier alpha value is -2.42. The molecule has 0 atom stereocenters. The van der Waals surface area contributed by atoms with Crippen molar-refractivity contribution in [3.8, 4) is 11.5 Å². The van der Waals surface area contributed by atoms with Crippen LogP contribution in [0.1, 0.15) is 35.4 Å². The van der Waals surface area contributed by atoms with Gasteiger partial charge in [0.2, 0.25) is 11.8 Å². The van der Waals surface area contributed by atoms with Crippen molar-refractivity contribution >= 4 is 0 Å². The smallest absolute Gasteiger partial charge is 0.247 e. The maximum Gasteiger partial charge on any atom is 0.247 e. The third-order valence-electron chi connectivity index (χ3n) is 4.26. The highest BCUT2D eigenvalue weighted by Gasteiger charge is 2.12. The fourth-order valence-electron chi connectivity index (χ4n) is 3.09. The second-order valence-electron chi connectivity index (χ2n) is 5.85. The van der Waals surface area contributed by atoms with Crippen LogP contribution in [-0.2, 0) is 19.3 Å². The summed E-state index contributed by atoms with van der Waals surface area (Å²) >= 11 is 0. The van der Waals surface area contributed by atoms with Gasteiger partial charge in [0.1, 0.15) is 0 Å². The molecule has 4 rings (SSSR count). The van der Waals surface area contributed by atoms with E-state index in [4.69, 9.17) is 4.42 Å². The van der Waals surface area contributed by atoms with Gasteiger partial charge in [0, 0.05) is 5.56 Å². The maximum atomic E-state index is 5.80. The van der Waals surface area contributed by atoms with Gasteiger partial charge in [-0.05, 0) is 54.5 Å². The Balaban J connectivity index is 1.55. The van der Waals surface area contributed by atoms with E-state index >= 15 is 0 Å². The molecule has 0 bridgehead atoms. The van der Waals surface area contributed by atoms with Crippen LogP contribution in [-0.4, -0.2) is 10.2 Å². The van der Waals surface area contributed by atoms with E-state index in [1.54, 1.807) is 0 Å². The first-order valence-electron chi connectivity index (χ1n) is 7.87. The minimum Gasteiger partial charge on any atom is -0.420 e. The number of hydrogen-bond acceptors (Lipinski definition) is 3. The number of nitrogens with zero attached hydrogens (tertiary/aromatic N) is 2. The number of aromatic nitrogens is 2. The average Bonchev–Trinajstić information content (AvgIpc) is 3.04. The summed E-state index contributed by atoms with van der Waals surface area (Å²) in [4.78, 5) is 0. The second-order valence-corrected chi connectivity index (χ2v) is 5.85.